The minimum atomic E-state index is -0.152. The van der Waals surface area contributed by atoms with Gasteiger partial charge in [-0.2, -0.15) is 9.61 Å². The predicted octanol–water partition coefficient (Wildman–Crippen LogP) is 1.76. The summed E-state index contributed by atoms with van der Waals surface area (Å²) in [5.74, 6) is 0. The van der Waals surface area contributed by atoms with E-state index in [-0.39, 0.29) is 5.56 Å². The third-order valence-electron chi connectivity index (χ3n) is 5.22. The molecular weight excluding hydrogens is 374 g/mol. The average molecular weight is 395 g/mol. The minimum absolute atomic E-state index is 0.152. The van der Waals surface area contributed by atoms with Gasteiger partial charge in [0.25, 0.3) is 5.56 Å². The van der Waals surface area contributed by atoms with Gasteiger partial charge in [-0.1, -0.05) is 11.3 Å². The van der Waals surface area contributed by atoms with E-state index in [4.69, 9.17) is 4.98 Å². The van der Waals surface area contributed by atoms with Crippen LogP contribution < -0.4 is 10.5 Å². The van der Waals surface area contributed by atoms with Gasteiger partial charge in [-0.3, -0.25) is 9.48 Å². The number of benzene rings is 1. The second-order valence-corrected chi connectivity index (χ2v) is 8.32. The Morgan fingerprint density at radius 2 is 1.82 bits per heavy atom. The smallest absolute Gasteiger partial charge is 0.275 e. The summed E-state index contributed by atoms with van der Waals surface area (Å²) in [5, 5.41) is 10.9. The van der Waals surface area contributed by atoms with Crippen molar-refractivity contribution in [2.24, 2.45) is 7.05 Å². The molecule has 0 aliphatic carbocycles. The summed E-state index contributed by atoms with van der Waals surface area (Å²) in [4.78, 5) is 22.6. The lowest BCUT2D eigenvalue weighted by Gasteiger charge is -2.31. The zero-order chi connectivity index (χ0) is 19.4. The van der Waals surface area contributed by atoms with E-state index in [2.05, 4.69) is 27.0 Å². The fourth-order valence-corrected chi connectivity index (χ4v) is 4.61. The van der Waals surface area contributed by atoms with Gasteiger partial charge in [-0.15, -0.1) is 5.10 Å². The zero-order valence-corrected chi connectivity index (χ0v) is 16.9. The number of rotatable bonds is 2. The van der Waals surface area contributed by atoms with Crippen molar-refractivity contribution in [3.63, 3.8) is 0 Å². The van der Waals surface area contributed by atoms with Crippen molar-refractivity contribution in [3.05, 3.63) is 40.3 Å². The Balaban J connectivity index is 1.58. The van der Waals surface area contributed by atoms with Crippen molar-refractivity contribution in [2.75, 3.05) is 38.1 Å². The molecule has 5 rings (SSSR count). The monoisotopic (exact) mass is 395 g/mol. The fourth-order valence-electron chi connectivity index (χ4n) is 3.65. The number of anilines is 1. The number of likely N-dealkylation sites (N-methyl/N-ethyl adjacent to an activating group) is 1. The molecule has 8 nitrogen and oxygen atoms in total. The van der Waals surface area contributed by atoms with Gasteiger partial charge in [0, 0.05) is 56.4 Å². The van der Waals surface area contributed by atoms with Gasteiger partial charge in [-0.25, -0.2) is 4.98 Å². The van der Waals surface area contributed by atoms with Crippen molar-refractivity contribution in [2.45, 2.75) is 6.92 Å². The van der Waals surface area contributed by atoms with Gasteiger partial charge in [-0.05, 0) is 31.7 Å². The quantitative estimate of drug-likeness (QED) is 0.515. The molecule has 1 saturated heterocycles. The van der Waals surface area contributed by atoms with Crippen LogP contribution >= 0.6 is 11.3 Å². The van der Waals surface area contributed by atoms with Crippen LogP contribution in [-0.4, -0.2) is 62.5 Å². The number of hydrogen-bond acceptors (Lipinski definition) is 7. The van der Waals surface area contributed by atoms with E-state index in [0.29, 0.717) is 10.7 Å². The van der Waals surface area contributed by atoms with Gasteiger partial charge in [0.1, 0.15) is 0 Å². The molecule has 0 N–H and O–H groups in total. The molecule has 1 aliphatic heterocycles. The highest BCUT2D eigenvalue weighted by Crippen LogP contribution is 2.27. The van der Waals surface area contributed by atoms with Crippen LogP contribution in [0.4, 0.5) is 5.13 Å². The summed E-state index contributed by atoms with van der Waals surface area (Å²) >= 11 is 1.47. The van der Waals surface area contributed by atoms with Gasteiger partial charge in [0.2, 0.25) is 10.1 Å². The van der Waals surface area contributed by atoms with E-state index >= 15 is 0 Å². The van der Waals surface area contributed by atoms with Crippen LogP contribution in [0.1, 0.15) is 5.56 Å². The predicted molar refractivity (Wildman–Crippen MR) is 111 cm³/mol. The number of fused-ring (bicyclic) bond motifs is 2. The average Bonchev–Trinajstić information content (AvgIpc) is 3.26. The van der Waals surface area contributed by atoms with Crippen molar-refractivity contribution in [3.8, 4) is 11.3 Å². The van der Waals surface area contributed by atoms with Crippen LogP contribution in [0.15, 0.2) is 29.2 Å². The van der Waals surface area contributed by atoms with Crippen molar-refractivity contribution in [1.82, 2.24) is 29.3 Å². The normalized spacial score (nSPS) is 15.8. The summed E-state index contributed by atoms with van der Waals surface area (Å²) in [6.07, 6.45) is 1.98. The van der Waals surface area contributed by atoms with Crippen LogP contribution in [0.5, 0.6) is 0 Å². The van der Waals surface area contributed by atoms with E-state index in [1.54, 1.807) is 10.7 Å². The first-order chi connectivity index (χ1) is 13.5. The first-order valence-corrected chi connectivity index (χ1v) is 10.1. The largest absolute Gasteiger partial charge is 0.344 e. The van der Waals surface area contributed by atoms with Crippen molar-refractivity contribution in [1.29, 1.82) is 0 Å². The molecule has 144 valence electrons. The second kappa shape index (κ2) is 6.39. The van der Waals surface area contributed by atoms with E-state index in [1.165, 1.54) is 15.9 Å². The van der Waals surface area contributed by atoms with Gasteiger partial charge < -0.3 is 9.80 Å². The zero-order valence-electron chi connectivity index (χ0n) is 16.1. The third kappa shape index (κ3) is 2.87. The maximum absolute atomic E-state index is 12.7. The van der Waals surface area contributed by atoms with E-state index in [1.807, 2.05) is 32.3 Å². The number of aryl methyl sites for hydroxylation is 2. The van der Waals surface area contributed by atoms with Crippen LogP contribution in [0.25, 0.3) is 27.1 Å². The molecule has 9 heteroatoms. The summed E-state index contributed by atoms with van der Waals surface area (Å²) < 4.78 is 3.22. The van der Waals surface area contributed by atoms with E-state index in [0.717, 1.165) is 53.3 Å². The Labute approximate surface area is 165 Å². The van der Waals surface area contributed by atoms with Crippen molar-refractivity contribution < 1.29 is 0 Å². The molecule has 1 aliphatic rings. The molecule has 1 aromatic carbocycles. The first kappa shape index (κ1) is 17.3. The first-order valence-electron chi connectivity index (χ1n) is 9.27. The van der Waals surface area contributed by atoms with Crippen LogP contribution in [-0.2, 0) is 7.05 Å². The molecule has 0 bridgehead atoms. The highest BCUT2D eigenvalue weighted by molar-refractivity contribution is 7.20. The van der Waals surface area contributed by atoms with Crippen LogP contribution in [0, 0.1) is 6.92 Å². The Morgan fingerprint density at radius 3 is 2.61 bits per heavy atom. The molecule has 0 unspecified atom stereocenters. The summed E-state index contributed by atoms with van der Waals surface area (Å²) in [6, 6.07) is 5.64. The molecule has 4 heterocycles. The maximum Gasteiger partial charge on any atom is 0.275 e. The molecule has 28 heavy (non-hydrogen) atoms. The van der Waals surface area contributed by atoms with Crippen LogP contribution in [0.2, 0.25) is 0 Å². The maximum atomic E-state index is 12.7. The number of nitrogens with zero attached hydrogens (tertiary/aromatic N) is 7. The minimum Gasteiger partial charge on any atom is -0.344 e. The third-order valence-corrected chi connectivity index (χ3v) is 6.19. The summed E-state index contributed by atoms with van der Waals surface area (Å²) in [7, 11) is 4.03. The summed E-state index contributed by atoms with van der Waals surface area (Å²) in [6.45, 7) is 5.84. The molecular formula is C19H21N7OS. The van der Waals surface area contributed by atoms with Gasteiger partial charge in [0.05, 0.1) is 11.2 Å². The Kier molecular flexibility index (Phi) is 3.95. The Hall–Kier alpha value is -2.78. The second-order valence-electron chi connectivity index (χ2n) is 7.38. The Bertz CT molecular complexity index is 1250. The highest BCUT2D eigenvalue weighted by atomic mass is 32.1. The fraction of sp³-hybridized carbons (Fsp3) is 0.368. The lowest BCUT2D eigenvalue weighted by molar-refractivity contribution is 0.312. The SMILES string of the molecule is Cc1cc(-c2cc(=O)n3nc(N4CCN(C)CC4)sc3n2)cc2cn(C)nc12. The molecule has 0 saturated carbocycles. The highest BCUT2D eigenvalue weighted by Gasteiger charge is 2.19. The van der Waals surface area contributed by atoms with Crippen molar-refractivity contribution >= 4 is 32.3 Å². The van der Waals surface area contributed by atoms with E-state index < -0.39 is 0 Å². The van der Waals surface area contributed by atoms with E-state index in [9.17, 15) is 4.79 Å². The number of piperazine rings is 1. The molecule has 0 spiro atoms. The topological polar surface area (TPSA) is 71.6 Å². The lowest BCUT2D eigenvalue weighted by Crippen LogP contribution is -2.44. The number of hydrogen-bond donors (Lipinski definition) is 0. The molecule has 0 radical (unpaired) electrons. The lowest BCUT2D eigenvalue weighted by atomic mass is 10.1. The molecule has 1 fully saturated rings. The molecule has 3 aromatic heterocycles. The summed E-state index contributed by atoms with van der Waals surface area (Å²) in [5.41, 5.74) is 3.48. The van der Waals surface area contributed by atoms with Crippen LogP contribution in [0.3, 0.4) is 0 Å². The molecule has 0 atom stereocenters. The standard InChI is InChI=1S/C19H21N7OS/c1-12-8-13(9-14-11-24(3)21-17(12)14)15-10-16(27)26-18(20-15)28-19(22-26)25-6-4-23(2)5-7-25/h8-11H,4-7H2,1-3H3. The molecule has 0 amide bonds. The van der Waals surface area contributed by atoms with Gasteiger partial charge in [0.15, 0.2) is 0 Å². The Morgan fingerprint density at radius 1 is 1.04 bits per heavy atom. The molecule has 4 aromatic rings. The van der Waals surface area contributed by atoms with Gasteiger partial charge >= 0.3 is 0 Å². The number of aromatic nitrogens is 5.